The van der Waals surface area contributed by atoms with Crippen LogP contribution >= 0.6 is 27.5 Å². The summed E-state index contributed by atoms with van der Waals surface area (Å²) in [6.07, 6.45) is 1.15. The average molecular weight is 305 g/mol. The van der Waals surface area contributed by atoms with Gasteiger partial charge in [0.15, 0.2) is 0 Å². The third-order valence-electron chi connectivity index (χ3n) is 2.58. The summed E-state index contributed by atoms with van der Waals surface area (Å²) in [5.74, 6) is 0.559. The van der Waals surface area contributed by atoms with Crippen molar-refractivity contribution in [2.75, 3.05) is 6.54 Å². The van der Waals surface area contributed by atoms with E-state index in [-0.39, 0.29) is 0 Å². The van der Waals surface area contributed by atoms with Crippen molar-refractivity contribution in [3.8, 4) is 0 Å². The molecule has 0 aliphatic heterocycles. The molecule has 0 radical (unpaired) electrons. The first-order valence-corrected chi connectivity index (χ1v) is 6.91. The number of hydrogen-bond acceptors (Lipinski definition) is 1. The summed E-state index contributed by atoms with van der Waals surface area (Å²) in [5, 5.41) is 4.34. The predicted octanol–water partition coefficient (Wildman–Crippen LogP) is 4.80. The number of benzene rings is 1. The van der Waals surface area contributed by atoms with Gasteiger partial charge in [0.05, 0.1) is 0 Å². The van der Waals surface area contributed by atoms with Crippen LogP contribution in [-0.4, -0.2) is 6.54 Å². The summed E-state index contributed by atoms with van der Waals surface area (Å²) >= 11 is 9.54. The second kappa shape index (κ2) is 6.63. The van der Waals surface area contributed by atoms with Crippen molar-refractivity contribution < 1.29 is 0 Å². The first kappa shape index (κ1) is 14.0. The fourth-order valence-electron chi connectivity index (χ4n) is 1.76. The van der Waals surface area contributed by atoms with Gasteiger partial charge in [0, 0.05) is 15.5 Å². The summed E-state index contributed by atoms with van der Waals surface area (Å²) in [6.45, 7) is 7.68. The van der Waals surface area contributed by atoms with E-state index in [1.807, 2.05) is 12.1 Å². The molecule has 3 heteroatoms. The van der Waals surface area contributed by atoms with Crippen molar-refractivity contribution in [2.45, 2.75) is 33.2 Å². The Morgan fingerprint density at radius 3 is 2.56 bits per heavy atom. The van der Waals surface area contributed by atoms with Gasteiger partial charge in [0.1, 0.15) is 0 Å². The molecule has 0 bridgehead atoms. The van der Waals surface area contributed by atoms with Gasteiger partial charge in [-0.2, -0.15) is 0 Å². The van der Waals surface area contributed by atoms with Crippen LogP contribution in [0.25, 0.3) is 0 Å². The van der Waals surface area contributed by atoms with E-state index >= 15 is 0 Å². The molecule has 90 valence electrons. The van der Waals surface area contributed by atoms with Crippen LogP contribution in [0.3, 0.4) is 0 Å². The molecule has 0 fully saturated rings. The molecule has 0 saturated carbocycles. The highest BCUT2D eigenvalue weighted by Gasteiger charge is 2.17. The fraction of sp³-hybridized carbons (Fsp3) is 0.538. The number of halogens is 2. The van der Waals surface area contributed by atoms with Crippen LogP contribution in [0.15, 0.2) is 22.7 Å². The van der Waals surface area contributed by atoms with E-state index in [0.717, 1.165) is 22.5 Å². The van der Waals surface area contributed by atoms with Crippen LogP contribution in [0.4, 0.5) is 0 Å². The molecule has 1 unspecified atom stereocenters. The van der Waals surface area contributed by atoms with Gasteiger partial charge in [-0.1, -0.05) is 54.4 Å². The summed E-state index contributed by atoms with van der Waals surface area (Å²) < 4.78 is 1.09. The maximum absolute atomic E-state index is 5.96. The minimum atomic E-state index is 0.381. The molecule has 0 aromatic heterocycles. The van der Waals surface area contributed by atoms with Gasteiger partial charge >= 0.3 is 0 Å². The molecule has 0 amide bonds. The SMILES string of the molecule is CCCNC(c1ccc(Cl)cc1Br)C(C)C. The molecule has 16 heavy (non-hydrogen) atoms. The normalized spacial score (nSPS) is 13.1. The van der Waals surface area contributed by atoms with Gasteiger partial charge < -0.3 is 5.32 Å². The van der Waals surface area contributed by atoms with Crippen LogP contribution in [0.1, 0.15) is 38.8 Å². The van der Waals surface area contributed by atoms with E-state index < -0.39 is 0 Å². The lowest BCUT2D eigenvalue weighted by Crippen LogP contribution is -2.26. The van der Waals surface area contributed by atoms with Gasteiger partial charge in [-0.25, -0.2) is 0 Å². The second-order valence-corrected chi connectivity index (χ2v) is 5.63. The molecule has 1 aromatic carbocycles. The van der Waals surface area contributed by atoms with Crippen molar-refractivity contribution >= 4 is 27.5 Å². The fourth-order valence-corrected chi connectivity index (χ4v) is 2.69. The van der Waals surface area contributed by atoms with Crippen molar-refractivity contribution in [2.24, 2.45) is 5.92 Å². The molecule has 1 atom stereocenters. The largest absolute Gasteiger partial charge is 0.310 e. The number of nitrogens with one attached hydrogen (secondary N) is 1. The zero-order valence-corrected chi connectivity index (χ0v) is 12.4. The van der Waals surface area contributed by atoms with E-state index in [0.29, 0.717) is 12.0 Å². The summed E-state index contributed by atoms with van der Waals surface area (Å²) in [4.78, 5) is 0. The molecule has 0 spiro atoms. The first-order chi connectivity index (χ1) is 7.56. The Hall–Kier alpha value is -0.0500. The first-order valence-electron chi connectivity index (χ1n) is 5.74. The standard InChI is InChI=1S/C13H19BrClN/c1-4-7-16-13(9(2)3)11-6-5-10(15)8-12(11)14/h5-6,8-9,13,16H,4,7H2,1-3H3. The lowest BCUT2D eigenvalue weighted by molar-refractivity contribution is 0.411. The van der Waals surface area contributed by atoms with E-state index in [4.69, 9.17) is 11.6 Å². The summed E-state index contributed by atoms with van der Waals surface area (Å²) in [5.41, 5.74) is 1.29. The number of hydrogen-bond donors (Lipinski definition) is 1. The molecule has 1 N–H and O–H groups in total. The third-order valence-corrected chi connectivity index (χ3v) is 3.50. The molecule has 0 aliphatic carbocycles. The maximum atomic E-state index is 5.96. The van der Waals surface area contributed by atoms with Crippen LogP contribution in [0.2, 0.25) is 5.02 Å². The minimum Gasteiger partial charge on any atom is -0.310 e. The lowest BCUT2D eigenvalue weighted by Gasteiger charge is -2.24. The van der Waals surface area contributed by atoms with Crippen molar-refractivity contribution in [1.29, 1.82) is 0 Å². The Bertz CT molecular complexity index is 339. The molecular formula is C13H19BrClN. The van der Waals surface area contributed by atoms with E-state index in [2.05, 4.69) is 48.1 Å². The van der Waals surface area contributed by atoms with Crippen molar-refractivity contribution in [3.05, 3.63) is 33.3 Å². The zero-order chi connectivity index (χ0) is 12.1. The topological polar surface area (TPSA) is 12.0 Å². The van der Waals surface area contributed by atoms with E-state index in [9.17, 15) is 0 Å². The zero-order valence-electron chi connectivity index (χ0n) is 10.1. The van der Waals surface area contributed by atoms with Crippen LogP contribution < -0.4 is 5.32 Å². The molecule has 0 heterocycles. The van der Waals surface area contributed by atoms with Gasteiger partial charge in [0.2, 0.25) is 0 Å². The summed E-state index contributed by atoms with van der Waals surface area (Å²) in [6, 6.07) is 6.39. The molecule has 1 rings (SSSR count). The molecule has 1 aromatic rings. The highest BCUT2D eigenvalue weighted by molar-refractivity contribution is 9.10. The van der Waals surface area contributed by atoms with Crippen LogP contribution in [0.5, 0.6) is 0 Å². The molecule has 1 nitrogen and oxygen atoms in total. The highest BCUT2D eigenvalue weighted by atomic mass is 79.9. The van der Waals surface area contributed by atoms with Gasteiger partial charge in [-0.3, -0.25) is 0 Å². The Balaban J connectivity index is 2.92. The molecule has 0 aliphatic rings. The molecule has 0 saturated heterocycles. The predicted molar refractivity (Wildman–Crippen MR) is 75.0 cm³/mol. The van der Waals surface area contributed by atoms with Gasteiger partial charge in [-0.05, 0) is 36.6 Å². The third kappa shape index (κ3) is 3.76. The second-order valence-electron chi connectivity index (χ2n) is 4.34. The lowest BCUT2D eigenvalue weighted by atomic mass is 9.96. The quantitative estimate of drug-likeness (QED) is 0.824. The van der Waals surface area contributed by atoms with Gasteiger partial charge in [-0.15, -0.1) is 0 Å². The highest BCUT2D eigenvalue weighted by Crippen LogP contribution is 2.30. The van der Waals surface area contributed by atoms with E-state index in [1.54, 1.807) is 0 Å². The van der Waals surface area contributed by atoms with E-state index in [1.165, 1.54) is 5.56 Å². The smallest absolute Gasteiger partial charge is 0.0417 e. The minimum absolute atomic E-state index is 0.381. The Morgan fingerprint density at radius 2 is 2.06 bits per heavy atom. The number of rotatable bonds is 5. The average Bonchev–Trinajstić information content (AvgIpc) is 2.20. The van der Waals surface area contributed by atoms with Crippen LogP contribution in [0, 0.1) is 5.92 Å². The van der Waals surface area contributed by atoms with Crippen LogP contribution in [-0.2, 0) is 0 Å². The monoisotopic (exact) mass is 303 g/mol. The van der Waals surface area contributed by atoms with Crippen molar-refractivity contribution in [3.63, 3.8) is 0 Å². The Kier molecular flexibility index (Phi) is 5.81. The van der Waals surface area contributed by atoms with Gasteiger partial charge in [0.25, 0.3) is 0 Å². The van der Waals surface area contributed by atoms with Crippen molar-refractivity contribution in [1.82, 2.24) is 5.32 Å². The Labute approximate surface area is 112 Å². The Morgan fingerprint density at radius 1 is 1.38 bits per heavy atom. The maximum Gasteiger partial charge on any atom is 0.0417 e. The molecular weight excluding hydrogens is 286 g/mol. The summed E-state index contributed by atoms with van der Waals surface area (Å²) in [7, 11) is 0.